The number of oxime groups is 1. The zero-order valence-corrected chi connectivity index (χ0v) is 14.5. The molecule has 1 aliphatic heterocycles. The number of rotatable bonds is 7. The van der Waals surface area contributed by atoms with Crippen LogP contribution in [0.2, 0.25) is 0 Å². The van der Waals surface area contributed by atoms with E-state index in [1.807, 2.05) is 0 Å². The number of hydrogen-bond acceptors (Lipinski definition) is 6. The van der Waals surface area contributed by atoms with Gasteiger partial charge in [-0.2, -0.15) is 4.21 Å². The van der Waals surface area contributed by atoms with Crippen LogP contribution in [0, 0.1) is 0 Å². The fraction of sp³-hybridized carbons (Fsp3) is 0.769. The second kappa shape index (κ2) is 8.14. The summed E-state index contributed by atoms with van der Waals surface area (Å²) in [5.74, 6) is -0.605. The van der Waals surface area contributed by atoms with E-state index in [0.717, 1.165) is 0 Å². The number of amides is 1. The van der Waals surface area contributed by atoms with E-state index in [-0.39, 0.29) is 6.42 Å². The van der Waals surface area contributed by atoms with Crippen LogP contribution in [0.1, 0.15) is 47.0 Å². The first-order valence-electron chi connectivity index (χ1n) is 7.24. The van der Waals surface area contributed by atoms with Gasteiger partial charge in [0.25, 0.3) is 0 Å². The van der Waals surface area contributed by atoms with Crippen molar-refractivity contribution in [3.8, 4) is 0 Å². The van der Waals surface area contributed by atoms with E-state index in [2.05, 4.69) is 14.8 Å². The first-order valence-corrected chi connectivity index (χ1v) is 8.27. The minimum absolute atomic E-state index is 0.242. The SMILES string of the molecule is CC1=NOS(=O)N1CCCC[C@H](NC(=O)OC(C)(C)C)C(=O)O. The van der Waals surface area contributed by atoms with Gasteiger partial charge in [0.05, 0.1) is 0 Å². The Morgan fingerprint density at radius 1 is 1.43 bits per heavy atom. The normalized spacial score (nSPS) is 18.9. The van der Waals surface area contributed by atoms with Gasteiger partial charge in [-0.25, -0.2) is 13.9 Å². The monoisotopic (exact) mass is 349 g/mol. The number of carboxylic acid groups (broad SMARTS) is 1. The molecule has 0 saturated carbocycles. The molecule has 2 atom stereocenters. The van der Waals surface area contributed by atoms with E-state index in [9.17, 15) is 13.8 Å². The zero-order chi connectivity index (χ0) is 17.6. The van der Waals surface area contributed by atoms with Crippen LogP contribution in [0.4, 0.5) is 4.79 Å². The number of amidine groups is 1. The predicted molar refractivity (Wildman–Crippen MR) is 83.7 cm³/mol. The van der Waals surface area contributed by atoms with Gasteiger partial charge >= 0.3 is 23.3 Å². The highest BCUT2D eigenvalue weighted by Gasteiger charge is 2.25. The molecule has 9 nitrogen and oxygen atoms in total. The number of aliphatic carboxylic acids is 1. The van der Waals surface area contributed by atoms with Crippen LogP contribution in [0.25, 0.3) is 0 Å². The Labute approximate surface area is 137 Å². The van der Waals surface area contributed by atoms with Crippen LogP contribution in [0.15, 0.2) is 5.16 Å². The third-order valence-corrected chi connectivity index (χ3v) is 3.88. The third-order valence-electron chi connectivity index (χ3n) is 2.87. The average Bonchev–Trinajstić information content (AvgIpc) is 2.71. The van der Waals surface area contributed by atoms with Gasteiger partial charge in [0.1, 0.15) is 11.6 Å². The minimum atomic E-state index is -1.61. The first kappa shape index (κ1) is 19.2. The van der Waals surface area contributed by atoms with Gasteiger partial charge in [0.2, 0.25) is 0 Å². The Hall–Kier alpha value is -1.84. The number of unbranched alkanes of at least 4 members (excludes halogenated alkanes) is 1. The molecule has 1 aliphatic rings. The van der Waals surface area contributed by atoms with E-state index in [1.54, 1.807) is 27.7 Å². The summed E-state index contributed by atoms with van der Waals surface area (Å²) >= 11 is -1.61. The van der Waals surface area contributed by atoms with Crippen LogP contribution in [0.3, 0.4) is 0 Å². The van der Waals surface area contributed by atoms with Gasteiger partial charge in [-0.15, -0.1) is 0 Å². The summed E-state index contributed by atoms with van der Waals surface area (Å²) in [6.45, 7) is 7.20. The summed E-state index contributed by atoms with van der Waals surface area (Å²) in [4.78, 5) is 22.8. The lowest BCUT2D eigenvalue weighted by atomic mass is 10.1. The highest BCUT2D eigenvalue weighted by atomic mass is 32.2. The molecular weight excluding hydrogens is 326 g/mol. The molecular formula is C13H23N3O6S. The molecule has 0 spiro atoms. The van der Waals surface area contributed by atoms with E-state index in [4.69, 9.17) is 9.84 Å². The molecule has 1 amide bonds. The molecule has 0 aromatic rings. The standard InChI is InChI=1S/C13H23N3O6S/c1-9-15-22-23(20)16(9)8-6-5-7-10(11(17)18)14-12(19)21-13(2,3)4/h10H,5-8H2,1-4H3,(H,14,19)(H,17,18)/t10-,23?/m0/s1. The maximum absolute atomic E-state index is 11.6. The summed E-state index contributed by atoms with van der Waals surface area (Å²) < 4.78 is 22.6. The van der Waals surface area contributed by atoms with E-state index < -0.39 is 35.0 Å². The number of hydrogen-bond donors (Lipinski definition) is 2. The van der Waals surface area contributed by atoms with Gasteiger partial charge in [-0.1, -0.05) is 5.16 Å². The topological polar surface area (TPSA) is 118 Å². The Balaban J connectivity index is 2.36. The molecule has 23 heavy (non-hydrogen) atoms. The van der Waals surface area contributed by atoms with Crippen molar-refractivity contribution < 1.29 is 27.9 Å². The second-order valence-corrected chi connectivity index (χ2v) is 7.09. The molecule has 0 radical (unpaired) electrons. The Morgan fingerprint density at radius 3 is 2.57 bits per heavy atom. The lowest BCUT2D eigenvalue weighted by molar-refractivity contribution is -0.139. The van der Waals surface area contributed by atoms with Crippen molar-refractivity contribution in [2.24, 2.45) is 5.16 Å². The van der Waals surface area contributed by atoms with Crippen LogP contribution in [0.5, 0.6) is 0 Å². The van der Waals surface area contributed by atoms with Crippen molar-refractivity contribution in [3.63, 3.8) is 0 Å². The molecule has 0 fully saturated rings. The summed E-state index contributed by atoms with van der Waals surface area (Å²) in [7, 11) is 0. The number of carboxylic acids is 1. The molecule has 0 aliphatic carbocycles. The Bertz CT molecular complexity index is 502. The molecule has 1 heterocycles. The number of nitrogens with zero attached hydrogens (tertiary/aromatic N) is 2. The van der Waals surface area contributed by atoms with Crippen molar-refractivity contribution >= 4 is 29.2 Å². The van der Waals surface area contributed by atoms with Gasteiger partial charge in [-0.3, -0.25) is 4.28 Å². The quantitative estimate of drug-likeness (QED) is 0.671. The van der Waals surface area contributed by atoms with Crippen molar-refractivity contribution in [1.29, 1.82) is 0 Å². The Morgan fingerprint density at radius 2 is 2.09 bits per heavy atom. The first-order chi connectivity index (χ1) is 10.6. The highest BCUT2D eigenvalue weighted by Crippen LogP contribution is 2.12. The van der Waals surface area contributed by atoms with Crippen molar-refractivity contribution in [2.45, 2.75) is 58.6 Å². The molecule has 2 N–H and O–H groups in total. The fourth-order valence-corrected chi connectivity index (χ4v) is 2.61. The summed E-state index contributed by atoms with van der Waals surface area (Å²) in [5, 5.41) is 15.1. The van der Waals surface area contributed by atoms with Gasteiger partial charge in [0.15, 0.2) is 5.84 Å². The number of carbonyl (C=O) groups is 2. The van der Waals surface area contributed by atoms with E-state index in [0.29, 0.717) is 25.2 Å². The van der Waals surface area contributed by atoms with Gasteiger partial charge in [0, 0.05) is 6.54 Å². The molecule has 10 heteroatoms. The average molecular weight is 349 g/mol. The second-order valence-electron chi connectivity index (χ2n) is 6.07. The zero-order valence-electron chi connectivity index (χ0n) is 13.7. The van der Waals surface area contributed by atoms with Crippen LogP contribution in [-0.4, -0.2) is 49.7 Å². The molecule has 0 saturated heterocycles. The maximum Gasteiger partial charge on any atom is 0.408 e. The molecule has 132 valence electrons. The maximum atomic E-state index is 11.6. The summed E-state index contributed by atoms with van der Waals surface area (Å²) in [6, 6.07) is -1.03. The molecule has 0 aromatic heterocycles. The summed E-state index contributed by atoms with van der Waals surface area (Å²) in [5.41, 5.74) is -0.691. The van der Waals surface area contributed by atoms with E-state index in [1.165, 1.54) is 4.31 Å². The Kier molecular flexibility index (Phi) is 6.79. The number of alkyl carbamates (subject to hydrolysis) is 1. The molecule has 0 bridgehead atoms. The van der Waals surface area contributed by atoms with Crippen molar-refractivity contribution in [3.05, 3.63) is 0 Å². The smallest absolute Gasteiger partial charge is 0.408 e. The van der Waals surface area contributed by atoms with E-state index >= 15 is 0 Å². The largest absolute Gasteiger partial charge is 0.480 e. The van der Waals surface area contributed by atoms with Crippen LogP contribution < -0.4 is 5.32 Å². The summed E-state index contributed by atoms with van der Waals surface area (Å²) in [6.07, 6.45) is 0.587. The lowest BCUT2D eigenvalue weighted by Crippen LogP contribution is -2.43. The molecule has 1 rings (SSSR count). The number of ether oxygens (including phenoxy) is 1. The van der Waals surface area contributed by atoms with Crippen molar-refractivity contribution in [2.75, 3.05) is 6.54 Å². The minimum Gasteiger partial charge on any atom is -0.480 e. The predicted octanol–water partition coefficient (Wildman–Crippen LogP) is 1.38. The van der Waals surface area contributed by atoms with Crippen molar-refractivity contribution in [1.82, 2.24) is 9.62 Å². The lowest BCUT2D eigenvalue weighted by Gasteiger charge is -2.22. The third kappa shape index (κ3) is 6.85. The number of nitrogens with one attached hydrogen (secondary N) is 1. The molecule has 0 aromatic carbocycles. The highest BCUT2D eigenvalue weighted by molar-refractivity contribution is 7.78. The van der Waals surface area contributed by atoms with Gasteiger partial charge in [-0.05, 0) is 47.0 Å². The molecule has 1 unspecified atom stereocenters. The van der Waals surface area contributed by atoms with Crippen LogP contribution in [-0.2, 0) is 25.1 Å². The number of carbonyl (C=O) groups excluding carboxylic acids is 1. The fourth-order valence-electron chi connectivity index (χ4n) is 1.83. The van der Waals surface area contributed by atoms with Gasteiger partial charge < -0.3 is 15.2 Å². The van der Waals surface area contributed by atoms with Crippen LogP contribution >= 0.6 is 0 Å².